The third-order valence-electron chi connectivity index (χ3n) is 2.70. The Morgan fingerprint density at radius 3 is 2.37 bits per heavy atom. The normalized spacial score (nSPS) is 10.8. The van der Waals surface area contributed by atoms with Crippen LogP contribution in [0.15, 0.2) is 24.5 Å². The van der Waals surface area contributed by atoms with Gasteiger partial charge in [-0.25, -0.2) is 18.7 Å². The number of anilines is 3. The number of nitrogens with two attached hydrogens (primary N) is 1. The molecule has 1 aromatic heterocycles. The molecule has 0 saturated carbocycles. The second-order valence-corrected chi connectivity index (χ2v) is 4.40. The second-order valence-electron chi connectivity index (χ2n) is 4.40. The van der Waals surface area contributed by atoms with Gasteiger partial charge in [0, 0.05) is 5.56 Å². The third kappa shape index (κ3) is 2.62. The van der Waals surface area contributed by atoms with Crippen LogP contribution in [-0.4, -0.2) is 9.97 Å². The minimum absolute atomic E-state index is 0.0264. The van der Waals surface area contributed by atoms with Gasteiger partial charge in [-0.3, -0.25) is 0 Å². The van der Waals surface area contributed by atoms with Crippen molar-refractivity contribution in [2.45, 2.75) is 19.8 Å². The molecule has 4 nitrogen and oxygen atoms in total. The fraction of sp³-hybridized carbons (Fsp3) is 0.231. The summed E-state index contributed by atoms with van der Waals surface area (Å²) in [7, 11) is 0. The standard InChI is InChI=1S/C13H14F2N4/c1-7(2)10-12(16)17-6-18-13(10)19-11-8(14)4-3-5-9(11)15/h3-7H,1-2H3,(H3,16,17,18,19). The molecule has 2 aromatic rings. The number of rotatable bonds is 3. The Bertz CT molecular complexity index is 579. The lowest BCUT2D eigenvalue weighted by molar-refractivity contribution is 0.590. The van der Waals surface area contributed by atoms with Crippen molar-refractivity contribution in [2.24, 2.45) is 0 Å². The Kier molecular flexibility index (Phi) is 3.59. The highest BCUT2D eigenvalue weighted by atomic mass is 19.1. The zero-order valence-electron chi connectivity index (χ0n) is 10.6. The highest BCUT2D eigenvalue weighted by Crippen LogP contribution is 2.30. The van der Waals surface area contributed by atoms with Crippen LogP contribution in [0.25, 0.3) is 0 Å². The molecule has 6 heteroatoms. The minimum Gasteiger partial charge on any atom is -0.383 e. The predicted octanol–water partition coefficient (Wildman–Crippen LogP) is 3.20. The van der Waals surface area contributed by atoms with Crippen LogP contribution in [0.3, 0.4) is 0 Å². The summed E-state index contributed by atoms with van der Waals surface area (Å²) in [4.78, 5) is 7.89. The van der Waals surface area contributed by atoms with Gasteiger partial charge in [0.15, 0.2) is 0 Å². The summed E-state index contributed by atoms with van der Waals surface area (Å²) < 4.78 is 27.2. The van der Waals surface area contributed by atoms with E-state index in [1.54, 1.807) is 0 Å². The molecule has 0 aliphatic carbocycles. The molecule has 0 fully saturated rings. The SMILES string of the molecule is CC(C)c1c(N)ncnc1Nc1c(F)cccc1F. The Labute approximate surface area is 109 Å². The minimum atomic E-state index is -0.688. The van der Waals surface area contributed by atoms with Crippen molar-refractivity contribution in [2.75, 3.05) is 11.1 Å². The summed E-state index contributed by atoms with van der Waals surface area (Å²) in [6, 6.07) is 3.64. The van der Waals surface area contributed by atoms with Gasteiger partial charge in [0.25, 0.3) is 0 Å². The van der Waals surface area contributed by atoms with Gasteiger partial charge in [0.1, 0.15) is 35.3 Å². The van der Waals surface area contributed by atoms with Crippen molar-refractivity contribution in [3.63, 3.8) is 0 Å². The van der Waals surface area contributed by atoms with E-state index in [-0.39, 0.29) is 11.6 Å². The molecule has 100 valence electrons. The average Bonchev–Trinajstić information content (AvgIpc) is 2.33. The zero-order valence-corrected chi connectivity index (χ0v) is 10.6. The lowest BCUT2D eigenvalue weighted by Gasteiger charge is -2.15. The van der Waals surface area contributed by atoms with Gasteiger partial charge in [-0.05, 0) is 18.1 Å². The number of benzene rings is 1. The van der Waals surface area contributed by atoms with E-state index in [9.17, 15) is 8.78 Å². The maximum atomic E-state index is 13.6. The van der Waals surface area contributed by atoms with E-state index in [4.69, 9.17) is 5.73 Å². The first kappa shape index (κ1) is 13.2. The first-order valence-corrected chi connectivity index (χ1v) is 5.82. The van der Waals surface area contributed by atoms with Crippen LogP contribution < -0.4 is 11.1 Å². The molecule has 0 unspecified atom stereocenters. The summed E-state index contributed by atoms with van der Waals surface area (Å²) in [5.74, 6) is -0.743. The molecule has 0 bridgehead atoms. The van der Waals surface area contributed by atoms with Gasteiger partial charge in [0.05, 0.1) is 0 Å². The lowest BCUT2D eigenvalue weighted by atomic mass is 10.0. The van der Waals surface area contributed by atoms with Crippen LogP contribution in [0.2, 0.25) is 0 Å². The van der Waals surface area contributed by atoms with E-state index >= 15 is 0 Å². The Morgan fingerprint density at radius 1 is 1.16 bits per heavy atom. The second kappa shape index (κ2) is 5.17. The fourth-order valence-corrected chi connectivity index (χ4v) is 1.81. The molecule has 0 amide bonds. The molecule has 2 rings (SSSR count). The summed E-state index contributed by atoms with van der Waals surface area (Å²) in [6.07, 6.45) is 1.25. The highest BCUT2D eigenvalue weighted by molar-refractivity contribution is 5.65. The van der Waals surface area contributed by atoms with Crippen LogP contribution in [0, 0.1) is 11.6 Å². The molecular weight excluding hydrogens is 250 g/mol. The van der Waals surface area contributed by atoms with E-state index in [1.165, 1.54) is 24.5 Å². The van der Waals surface area contributed by atoms with Crippen molar-refractivity contribution >= 4 is 17.3 Å². The van der Waals surface area contributed by atoms with Gasteiger partial charge < -0.3 is 11.1 Å². The fourth-order valence-electron chi connectivity index (χ4n) is 1.81. The number of halogens is 2. The van der Waals surface area contributed by atoms with Crippen LogP contribution in [0.4, 0.5) is 26.1 Å². The summed E-state index contributed by atoms with van der Waals surface area (Å²) >= 11 is 0. The monoisotopic (exact) mass is 264 g/mol. The van der Waals surface area contributed by atoms with E-state index in [1.807, 2.05) is 13.8 Å². The highest BCUT2D eigenvalue weighted by Gasteiger charge is 2.16. The van der Waals surface area contributed by atoms with Crippen LogP contribution in [0.1, 0.15) is 25.3 Å². The summed E-state index contributed by atoms with van der Waals surface area (Å²) in [6.45, 7) is 3.80. The predicted molar refractivity (Wildman–Crippen MR) is 70.2 cm³/mol. The van der Waals surface area contributed by atoms with Crippen molar-refractivity contribution in [1.82, 2.24) is 9.97 Å². The van der Waals surface area contributed by atoms with Gasteiger partial charge >= 0.3 is 0 Å². The van der Waals surface area contributed by atoms with Crippen LogP contribution in [0.5, 0.6) is 0 Å². The average molecular weight is 264 g/mol. The molecule has 19 heavy (non-hydrogen) atoms. The number of para-hydroxylation sites is 1. The van der Waals surface area contributed by atoms with E-state index < -0.39 is 11.6 Å². The molecular formula is C13H14F2N4. The first-order chi connectivity index (χ1) is 9.00. The molecule has 0 aliphatic heterocycles. The quantitative estimate of drug-likeness (QED) is 0.893. The van der Waals surface area contributed by atoms with Crippen LogP contribution >= 0.6 is 0 Å². The summed E-state index contributed by atoms with van der Waals surface area (Å²) in [5, 5.41) is 2.65. The summed E-state index contributed by atoms with van der Waals surface area (Å²) in [5.41, 5.74) is 6.16. The lowest BCUT2D eigenvalue weighted by Crippen LogP contribution is -2.08. The molecule has 1 heterocycles. The van der Waals surface area contributed by atoms with Crippen molar-refractivity contribution in [3.05, 3.63) is 41.7 Å². The van der Waals surface area contributed by atoms with Gasteiger partial charge in [0.2, 0.25) is 0 Å². The van der Waals surface area contributed by atoms with E-state index in [0.29, 0.717) is 17.2 Å². The topological polar surface area (TPSA) is 63.8 Å². The molecule has 3 N–H and O–H groups in total. The van der Waals surface area contributed by atoms with E-state index in [2.05, 4.69) is 15.3 Å². The van der Waals surface area contributed by atoms with Crippen molar-refractivity contribution < 1.29 is 8.78 Å². The van der Waals surface area contributed by atoms with Gasteiger partial charge in [-0.15, -0.1) is 0 Å². The van der Waals surface area contributed by atoms with Crippen molar-refractivity contribution in [1.29, 1.82) is 0 Å². The number of hydrogen-bond acceptors (Lipinski definition) is 4. The first-order valence-electron chi connectivity index (χ1n) is 5.82. The largest absolute Gasteiger partial charge is 0.383 e. The Morgan fingerprint density at radius 2 is 1.79 bits per heavy atom. The maximum Gasteiger partial charge on any atom is 0.149 e. The zero-order chi connectivity index (χ0) is 14.0. The molecule has 0 aliphatic rings. The number of aromatic nitrogens is 2. The number of nitrogens with zero attached hydrogens (tertiary/aromatic N) is 2. The third-order valence-corrected chi connectivity index (χ3v) is 2.70. The number of nitrogens with one attached hydrogen (secondary N) is 1. The van der Waals surface area contributed by atoms with Gasteiger partial charge in [-0.1, -0.05) is 19.9 Å². The molecule has 0 spiro atoms. The number of hydrogen-bond donors (Lipinski definition) is 2. The molecule has 0 atom stereocenters. The molecule has 0 radical (unpaired) electrons. The van der Waals surface area contributed by atoms with Crippen molar-refractivity contribution in [3.8, 4) is 0 Å². The number of nitrogen functional groups attached to an aromatic ring is 1. The van der Waals surface area contributed by atoms with Gasteiger partial charge in [-0.2, -0.15) is 0 Å². The smallest absolute Gasteiger partial charge is 0.149 e. The maximum absolute atomic E-state index is 13.6. The Hall–Kier alpha value is -2.24. The molecule has 0 saturated heterocycles. The van der Waals surface area contributed by atoms with Crippen LogP contribution in [-0.2, 0) is 0 Å². The Balaban J connectivity index is 2.47. The van der Waals surface area contributed by atoms with E-state index in [0.717, 1.165) is 0 Å². The molecule has 1 aromatic carbocycles.